The first-order valence-electron chi connectivity index (χ1n) is 14.7. The van der Waals surface area contributed by atoms with E-state index in [1.807, 2.05) is 41.2 Å². The molecule has 0 spiro atoms. The number of rotatable bonds is 7. The number of hydrogen-bond acceptors (Lipinski definition) is 5. The molecule has 0 aliphatic carbocycles. The maximum absolute atomic E-state index is 6.44. The minimum Gasteiger partial charge on any atom is -0.509 e. The van der Waals surface area contributed by atoms with E-state index in [-0.39, 0.29) is 20.4 Å². The first kappa shape index (κ1) is 32.2. The van der Waals surface area contributed by atoms with Crippen LogP contribution in [0.4, 0.5) is 0 Å². The maximum atomic E-state index is 6.44. The molecule has 0 aliphatic rings. The molecule has 46 heavy (non-hydrogen) atoms. The predicted octanol–water partition coefficient (Wildman–Crippen LogP) is 10.1. The second kappa shape index (κ2) is 13.1. The average Bonchev–Trinajstić information content (AvgIpc) is 3.58. The van der Waals surface area contributed by atoms with Crippen LogP contribution in [0.3, 0.4) is 0 Å². The molecule has 0 N–H and O–H groups in total. The average molecular weight is 731 g/mol. The molecule has 0 aliphatic heterocycles. The van der Waals surface area contributed by atoms with E-state index in [0.29, 0.717) is 11.5 Å². The Kier molecular flexibility index (Phi) is 9.18. The summed E-state index contributed by atoms with van der Waals surface area (Å²) in [7, 11) is 0. The topological polar surface area (TPSA) is 44.9 Å². The Bertz CT molecular complexity index is 2240. The fourth-order valence-electron chi connectivity index (χ4n) is 5.98. The standard InChI is InChI=1S/C38H32N4OS2.Pd/c1-23-18-19-39-34(20-23)41-32-13-8-7-12-30(32)31-17-16-29(22-33(31)41)43-28-11-9-10-27(21-28)42-38(45-6)36(37(40-42)44-5)35-25(3)15-14-24(2)26(35)4;/h7-20H,1-6H3;/q-2;+2. The van der Waals surface area contributed by atoms with Crippen molar-refractivity contribution in [1.82, 2.24) is 19.3 Å². The number of aromatic nitrogens is 4. The molecule has 0 amide bonds. The van der Waals surface area contributed by atoms with Crippen LogP contribution in [0.15, 0.2) is 95.1 Å². The number of pyridine rings is 1. The molecule has 8 heteroatoms. The van der Waals surface area contributed by atoms with Crippen LogP contribution in [0, 0.1) is 39.8 Å². The number of para-hydroxylation sites is 1. The molecule has 0 unspecified atom stereocenters. The summed E-state index contributed by atoms with van der Waals surface area (Å²) in [6.07, 6.45) is 6.04. The van der Waals surface area contributed by atoms with E-state index in [9.17, 15) is 0 Å². The van der Waals surface area contributed by atoms with Crippen molar-refractivity contribution in [2.75, 3.05) is 12.5 Å². The van der Waals surface area contributed by atoms with E-state index in [1.165, 1.54) is 27.8 Å². The van der Waals surface area contributed by atoms with Crippen molar-refractivity contribution in [1.29, 1.82) is 0 Å². The number of aryl methyl sites for hydroxylation is 3. The molecule has 0 fully saturated rings. The van der Waals surface area contributed by atoms with Gasteiger partial charge in [-0.3, -0.25) is 4.68 Å². The summed E-state index contributed by atoms with van der Waals surface area (Å²) in [5, 5.41) is 9.39. The Hall–Kier alpha value is -3.80. The van der Waals surface area contributed by atoms with Gasteiger partial charge in [0.05, 0.1) is 0 Å². The fourth-order valence-corrected chi connectivity index (χ4v) is 7.33. The predicted molar refractivity (Wildman–Crippen MR) is 188 cm³/mol. The van der Waals surface area contributed by atoms with Crippen LogP contribution in [0.5, 0.6) is 11.5 Å². The first-order valence-corrected chi connectivity index (χ1v) is 17.2. The van der Waals surface area contributed by atoms with Gasteiger partial charge in [0, 0.05) is 28.8 Å². The molecule has 7 rings (SSSR count). The van der Waals surface area contributed by atoms with Gasteiger partial charge in [-0.15, -0.1) is 59.2 Å². The van der Waals surface area contributed by atoms with Gasteiger partial charge in [-0.05, 0) is 97.3 Å². The molecule has 4 aromatic carbocycles. The minimum atomic E-state index is 0. The first-order chi connectivity index (χ1) is 21.9. The van der Waals surface area contributed by atoms with Crippen LogP contribution in [0.2, 0.25) is 0 Å². The summed E-state index contributed by atoms with van der Waals surface area (Å²) in [5.74, 6) is 2.05. The second-order valence-corrected chi connectivity index (χ2v) is 12.7. The zero-order chi connectivity index (χ0) is 31.2. The van der Waals surface area contributed by atoms with Crippen LogP contribution < -0.4 is 4.74 Å². The summed E-state index contributed by atoms with van der Waals surface area (Å²) in [4.78, 5) is 4.69. The van der Waals surface area contributed by atoms with Gasteiger partial charge in [0.15, 0.2) is 0 Å². The Morgan fingerprint density at radius 3 is 2.30 bits per heavy atom. The molecule has 0 bridgehead atoms. The summed E-state index contributed by atoms with van der Waals surface area (Å²) >= 11 is 3.36. The van der Waals surface area contributed by atoms with E-state index in [1.54, 1.807) is 23.5 Å². The van der Waals surface area contributed by atoms with Crippen molar-refractivity contribution in [2.24, 2.45) is 0 Å². The van der Waals surface area contributed by atoms with Gasteiger partial charge in [-0.2, -0.15) is 17.2 Å². The van der Waals surface area contributed by atoms with Gasteiger partial charge in [0.25, 0.3) is 0 Å². The third kappa shape index (κ3) is 5.58. The summed E-state index contributed by atoms with van der Waals surface area (Å²) in [6, 6.07) is 33.9. The molecule has 3 aromatic heterocycles. The van der Waals surface area contributed by atoms with Crippen LogP contribution in [-0.4, -0.2) is 31.8 Å². The van der Waals surface area contributed by atoms with Gasteiger partial charge < -0.3 is 9.30 Å². The van der Waals surface area contributed by atoms with Gasteiger partial charge in [0.1, 0.15) is 15.9 Å². The number of nitrogens with zero attached hydrogens (tertiary/aromatic N) is 4. The van der Waals surface area contributed by atoms with Crippen molar-refractivity contribution in [3.63, 3.8) is 0 Å². The van der Waals surface area contributed by atoms with E-state index in [4.69, 9.17) is 14.8 Å². The number of ether oxygens (including phenoxy) is 1. The largest absolute Gasteiger partial charge is 2.00 e. The fraction of sp³-hybridized carbons (Fsp3) is 0.158. The van der Waals surface area contributed by atoms with Gasteiger partial charge in [-0.1, -0.05) is 35.8 Å². The minimum absolute atomic E-state index is 0. The maximum Gasteiger partial charge on any atom is 2.00 e. The molecule has 0 saturated heterocycles. The zero-order valence-corrected chi connectivity index (χ0v) is 29.6. The van der Waals surface area contributed by atoms with E-state index in [2.05, 4.69) is 105 Å². The normalized spacial score (nSPS) is 11.3. The van der Waals surface area contributed by atoms with Gasteiger partial charge >= 0.3 is 20.4 Å². The zero-order valence-electron chi connectivity index (χ0n) is 26.4. The number of hydrogen-bond donors (Lipinski definition) is 0. The van der Waals surface area contributed by atoms with Crippen LogP contribution in [0.1, 0.15) is 22.3 Å². The molecular weight excluding hydrogens is 699 g/mol. The molecule has 7 aromatic rings. The SMILES string of the molecule is CSc1nn(-c2[c-]c(Oc3[c-]c4c(cc3)c3ccccc3n4-c3cc(C)ccn3)ccc2)c(SC)c1-c1c(C)ccc(C)c1C.[Pd+2]. The Balaban J connectivity index is 0.00000372. The van der Waals surface area contributed by atoms with Gasteiger partial charge in [0.2, 0.25) is 0 Å². The van der Waals surface area contributed by atoms with Crippen LogP contribution >= 0.6 is 23.5 Å². The Morgan fingerprint density at radius 2 is 1.52 bits per heavy atom. The summed E-state index contributed by atoms with van der Waals surface area (Å²) in [6.45, 7) is 8.62. The molecule has 3 heterocycles. The third-order valence-electron chi connectivity index (χ3n) is 8.28. The quantitative estimate of drug-likeness (QED) is 0.0928. The molecule has 0 radical (unpaired) electrons. The van der Waals surface area contributed by atoms with Crippen LogP contribution in [-0.2, 0) is 20.4 Å². The smallest absolute Gasteiger partial charge is 0.509 e. The van der Waals surface area contributed by atoms with Crippen molar-refractivity contribution in [3.05, 3.63) is 119 Å². The third-order valence-corrected chi connectivity index (χ3v) is 9.72. The van der Waals surface area contributed by atoms with E-state index >= 15 is 0 Å². The van der Waals surface area contributed by atoms with Crippen molar-refractivity contribution < 1.29 is 25.2 Å². The molecule has 0 atom stereocenters. The van der Waals surface area contributed by atoms with E-state index < -0.39 is 0 Å². The van der Waals surface area contributed by atoms with Crippen LogP contribution in [0.25, 0.3) is 44.4 Å². The van der Waals surface area contributed by atoms with Crippen molar-refractivity contribution >= 4 is 45.3 Å². The van der Waals surface area contributed by atoms with Gasteiger partial charge in [-0.25, -0.2) is 4.98 Å². The Labute approximate surface area is 292 Å². The summed E-state index contributed by atoms with van der Waals surface area (Å²) < 4.78 is 10.6. The van der Waals surface area contributed by atoms with Crippen molar-refractivity contribution in [2.45, 2.75) is 37.7 Å². The van der Waals surface area contributed by atoms with Crippen molar-refractivity contribution in [3.8, 4) is 34.1 Å². The molecular formula is C38H32N4OPdS2. The molecule has 5 nitrogen and oxygen atoms in total. The summed E-state index contributed by atoms with van der Waals surface area (Å²) in [5.41, 5.74) is 10.2. The number of thioether (sulfide) groups is 2. The molecule has 0 saturated carbocycles. The van der Waals surface area contributed by atoms with E-state index in [0.717, 1.165) is 48.9 Å². The second-order valence-electron chi connectivity index (χ2n) is 11.1. The number of benzene rings is 4. The Morgan fingerprint density at radius 1 is 0.739 bits per heavy atom. The number of fused-ring (bicyclic) bond motifs is 3. The molecule has 232 valence electrons. The monoisotopic (exact) mass is 730 g/mol.